The van der Waals surface area contributed by atoms with Gasteiger partial charge in [0.1, 0.15) is 10.8 Å². The van der Waals surface area contributed by atoms with Crippen molar-refractivity contribution in [2.45, 2.75) is 18.9 Å². The fourth-order valence-electron chi connectivity index (χ4n) is 2.51. The molecule has 0 spiro atoms. The number of nitrogens with zero attached hydrogens (tertiary/aromatic N) is 2. The summed E-state index contributed by atoms with van der Waals surface area (Å²) in [6, 6.07) is 6.93. The standard InChI is InChI=1S/C14H15FN2S/c15-13-3-1-11(2-4-13)12-5-7-17(9-12)10-14-16-6-8-18-14/h1-4,6,8,12H,5,7,9-10H2/t12-/m1/s1. The highest BCUT2D eigenvalue weighted by molar-refractivity contribution is 7.09. The minimum Gasteiger partial charge on any atom is -0.296 e. The van der Waals surface area contributed by atoms with E-state index in [1.165, 1.54) is 10.6 Å². The van der Waals surface area contributed by atoms with Crippen LogP contribution >= 0.6 is 11.3 Å². The maximum Gasteiger partial charge on any atom is 0.123 e. The molecule has 0 unspecified atom stereocenters. The molecule has 3 rings (SSSR count). The number of thiazole rings is 1. The summed E-state index contributed by atoms with van der Waals surface area (Å²) >= 11 is 1.71. The van der Waals surface area contributed by atoms with Crippen LogP contribution in [0.3, 0.4) is 0 Å². The Morgan fingerprint density at radius 3 is 2.89 bits per heavy atom. The van der Waals surface area contributed by atoms with Crippen molar-refractivity contribution in [1.29, 1.82) is 0 Å². The molecule has 1 saturated heterocycles. The Morgan fingerprint density at radius 1 is 1.33 bits per heavy atom. The van der Waals surface area contributed by atoms with E-state index in [1.54, 1.807) is 23.5 Å². The monoisotopic (exact) mass is 262 g/mol. The van der Waals surface area contributed by atoms with E-state index in [1.807, 2.05) is 23.7 Å². The van der Waals surface area contributed by atoms with Gasteiger partial charge in [-0.1, -0.05) is 12.1 Å². The zero-order valence-corrected chi connectivity index (χ0v) is 10.9. The lowest BCUT2D eigenvalue weighted by Crippen LogP contribution is -2.19. The summed E-state index contributed by atoms with van der Waals surface area (Å²) in [5, 5.41) is 3.19. The van der Waals surface area contributed by atoms with Crippen molar-refractivity contribution in [3.63, 3.8) is 0 Å². The third kappa shape index (κ3) is 2.60. The third-order valence-electron chi connectivity index (χ3n) is 3.46. The molecule has 1 aliphatic rings. The molecule has 4 heteroatoms. The Morgan fingerprint density at radius 2 is 2.17 bits per heavy atom. The average molecular weight is 262 g/mol. The van der Waals surface area contributed by atoms with Crippen LogP contribution < -0.4 is 0 Å². The number of hydrogen-bond acceptors (Lipinski definition) is 3. The maximum absolute atomic E-state index is 12.9. The van der Waals surface area contributed by atoms with Gasteiger partial charge in [-0.25, -0.2) is 9.37 Å². The molecule has 0 bridgehead atoms. The van der Waals surface area contributed by atoms with Crippen LogP contribution in [0.1, 0.15) is 22.9 Å². The van der Waals surface area contributed by atoms with Crippen LogP contribution in [0.25, 0.3) is 0 Å². The number of benzene rings is 1. The second kappa shape index (κ2) is 5.16. The van der Waals surface area contributed by atoms with Crippen LogP contribution in [0.15, 0.2) is 35.8 Å². The molecule has 1 aliphatic heterocycles. The van der Waals surface area contributed by atoms with E-state index in [0.29, 0.717) is 5.92 Å². The molecular formula is C14H15FN2S. The predicted molar refractivity (Wildman–Crippen MR) is 71.1 cm³/mol. The second-order valence-electron chi connectivity index (χ2n) is 4.70. The Hall–Kier alpha value is -1.26. The van der Waals surface area contributed by atoms with Crippen LogP contribution in [0.4, 0.5) is 4.39 Å². The van der Waals surface area contributed by atoms with Crippen molar-refractivity contribution in [2.24, 2.45) is 0 Å². The van der Waals surface area contributed by atoms with Crippen molar-refractivity contribution in [1.82, 2.24) is 9.88 Å². The topological polar surface area (TPSA) is 16.1 Å². The SMILES string of the molecule is Fc1ccc([C@@H]2CCN(Cc3nccs3)C2)cc1. The molecule has 18 heavy (non-hydrogen) atoms. The fourth-order valence-corrected chi connectivity index (χ4v) is 3.16. The van der Waals surface area contributed by atoms with Crippen LogP contribution in [-0.2, 0) is 6.54 Å². The maximum atomic E-state index is 12.9. The van der Waals surface area contributed by atoms with E-state index in [9.17, 15) is 4.39 Å². The van der Waals surface area contributed by atoms with Gasteiger partial charge in [-0.3, -0.25) is 4.90 Å². The molecule has 2 heterocycles. The summed E-state index contributed by atoms with van der Waals surface area (Å²) in [5.74, 6) is 0.377. The minimum atomic E-state index is -0.156. The fraction of sp³-hybridized carbons (Fsp3) is 0.357. The van der Waals surface area contributed by atoms with Crippen molar-refractivity contribution >= 4 is 11.3 Å². The van der Waals surface area contributed by atoms with E-state index >= 15 is 0 Å². The van der Waals surface area contributed by atoms with Crippen molar-refractivity contribution < 1.29 is 4.39 Å². The lowest BCUT2D eigenvalue weighted by molar-refractivity contribution is 0.326. The molecule has 2 aromatic rings. The lowest BCUT2D eigenvalue weighted by Gasteiger charge is -2.14. The number of hydrogen-bond donors (Lipinski definition) is 0. The van der Waals surface area contributed by atoms with E-state index < -0.39 is 0 Å². The van der Waals surface area contributed by atoms with Gasteiger partial charge in [-0.2, -0.15) is 0 Å². The van der Waals surface area contributed by atoms with Gasteiger partial charge < -0.3 is 0 Å². The molecule has 0 N–H and O–H groups in total. The van der Waals surface area contributed by atoms with Gasteiger partial charge >= 0.3 is 0 Å². The van der Waals surface area contributed by atoms with Gasteiger partial charge in [0.15, 0.2) is 0 Å². The van der Waals surface area contributed by atoms with Gasteiger partial charge in [-0.05, 0) is 36.6 Å². The summed E-state index contributed by atoms with van der Waals surface area (Å²) in [4.78, 5) is 6.74. The molecule has 0 radical (unpaired) electrons. The second-order valence-corrected chi connectivity index (χ2v) is 5.68. The van der Waals surface area contributed by atoms with Gasteiger partial charge in [0.25, 0.3) is 0 Å². The molecule has 94 valence electrons. The molecule has 1 atom stereocenters. The minimum absolute atomic E-state index is 0.156. The molecule has 1 aromatic heterocycles. The summed E-state index contributed by atoms with van der Waals surface area (Å²) < 4.78 is 12.9. The molecule has 0 amide bonds. The van der Waals surface area contributed by atoms with Gasteiger partial charge in [0.05, 0.1) is 6.54 Å². The molecule has 1 aromatic carbocycles. The van der Waals surface area contributed by atoms with Crippen molar-refractivity contribution in [2.75, 3.05) is 13.1 Å². The molecule has 2 nitrogen and oxygen atoms in total. The summed E-state index contributed by atoms with van der Waals surface area (Å²) in [6.07, 6.45) is 3.00. The Kier molecular flexibility index (Phi) is 3.39. The molecule has 1 fully saturated rings. The Bertz CT molecular complexity index is 495. The largest absolute Gasteiger partial charge is 0.296 e. The van der Waals surface area contributed by atoms with Crippen molar-refractivity contribution in [3.05, 3.63) is 52.2 Å². The molecule has 0 aliphatic carbocycles. The highest BCUT2D eigenvalue weighted by Gasteiger charge is 2.24. The summed E-state index contributed by atoms with van der Waals surface area (Å²) in [5.41, 5.74) is 1.25. The van der Waals surface area contributed by atoms with Crippen LogP contribution in [-0.4, -0.2) is 23.0 Å². The van der Waals surface area contributed by atoms with Crippen LogP contribution in [0.5, 0.6) is 0 Å². The molecule has 0 saturated carbocycles. The number of rotatable bonds is 3. The first-order valence-corrected chi connectivity index (χ1v) is 7.05. The quantitative estimate of drug-likeness (QED) is 0.844. The number of aromatic nitrogens is 1. The van der Waals surface area contributed by atoms with E-state index in [4.69, 9.17) is 0 Å². The Balaban J connectivity index is 1.63. The van der Waals surface area contributed by atoms with Gasteiger partial charge in [0.2, 0.25) is 0 Å². The third-order valence-corrected chi connectivity index (χ3v) is 4.22. The zero-order chi connectivity index (χ0) is 12.4. The Labute approximate surface area is 110 Å². The van der Waals surface area contributed by atoms with Crippen molar-refractivity contribution in [3.8, 4) is 0 Å². The van der Waals surface area contributed by atoms with Crippen LogP contribution in [0, 0.1) is 5.82 Å². The number of likely N-dealkylation sites (tertiary alicyclic amines) is 1. The molecular weight excluding hydrogens is 247 g/mol. The zero-order valence-electron chi connectivity index (χ0n) is 10.1. The smallest absolute Gasteiger partial charge is 0.123 e. The van der Waals surface area contributed by atoms with Crippen LogP contribution in [0.2, 0.25) is 0 Å². The summed E-state index contributed by atoms with van der Waals surface area (Å²) in [7, 11) is 0. The van der Waals surface area contributed by atoms with E-state index in [0.717, 1.165) is 26.1 Å². The highest BCUT2D eigenvalue weighted by Crippen LogP contribution is 2.28. The van der Waals surface area contributed by atoms with E-state index in [2.05, 4.69) is 9.88 Å². The van der Waals surface area contributed by atoms with E-state index in [-0.39, 0.29) is 5.82 Å². The predicted octanol–water partition coefficient (Wildman–Crippen LogP) is 3.27. The average Bonchev–Trinajstić information content (AvgIpc) is 3.02. The van der Waals surface area contributed by atoms with Gasteiger partial charge in [-0.15, -0.1) is 11.3 Å². The normalized spacial score (nSPS) is 20.4. The first-order valence-electron chi connectivity index (χ1n) is 6.17. The summed E-state index contributed by atoms with van der Waals surface area (Å²) in [6.45, 7) is 3.09. The highest BCUT2D eigenvalue weighted by atomic mass is 32.1. The number of halogens is 1. The first-order chi connectivity index (χ1) is 8.81. The van der Waals surface area contributed by atoms with Gasteiger partial charge in [0, 0.05) is 18.1 Å². The lowest BCUT2D eigenvalue weighted by atomic mass is 9.99. The first kappa shape index (κ1) is 11.8.